The Morgan fingerprint density at radius 3 is 2.57 bits per heavy atom. The molecule has 0 saturated carbocycles. The van der Waals surface area contributed by atoms with Gasteiger partial charge in [-0.2, -0.15) is 5.26 Å². The molecule has 1 aromatic carbocycles. The summed E-state index contributed by atoms with van der Waals surface area (Å²) in [6.45, 7) is 4.43. The molecule has 0 radical (unpaired) electrons. The highest BCUT2D eigenvalue weighted by Gasteiger charge is 2.34. The van der Waals surface area contributed by atoms with Crippen LogP contribution in [0.3, 0.4) is 0 Å². The van der Waals surface area contributed by atoms with E-state index in [0.29, 0.717) is 36.4 Å². The molecule has 28 heavy (non-hydrogen) atoms. The van der Waals surface area contributed by atoms with Gasteiger partial charge in [0.05, 0.1) is 11.6 Å². The average molecular weight is 381 g/mol. The molecule has 1 aromatic heterocycles. The van der Waals surface area contributed by atoms with Gasteiger partial charge in [-0.1, -0.05) is 13.8 Å². The Kier molecular flexibility index (Phi) is 5.69. The van der Waals surface area contributed by atoms with E-state index in [0.717, 1.165) is 0 Å². The van der Waals surface area contributed by atoms with E-state index in [4.69, 9.17) is 10.00 Å². The number of benzene rings is 1. The standard InChI is InChI=1S/C21H23N3O4/c1-14(2)19-11-17(8-10-24(19)21(26)27)28-18-7-9-23(20(25)12-18)16-5-3-15(13-22)4-6-16/h3-7,9,12,14,17,19H,8,10-11H2,1-2H3,(H,26,27). The van der Waals surface area contributed by atoms with Crippen molar-refractivity contribution in [3.63, 3.8) is 0 Å². The molecule has 0 spiro atoms. The Morgan fingerprint density at radius 1 is 1.29 bits per heavy atom. The van der Waals surface area contributed by atoms with Crippen LogP contribution in [0.4, 0.5) is 4.79 Å². The fraction of sp³-hybridized carbons (Fsp3) is 0.381. The molecular weight excluding hydrogens is 358 g/mol. The third kappa shape index (κ3) is 4.17. The van der Waals surface area contributed by atoms with Crippen LogP contribution in [-0.2, 0) is 0 Å². The Hall–Kier alpha value is -3.27. The summed E-state index contributed by atoms with van der Waals surface area (Å²) >= 11 is 0. The monoisotopic (exact) mass is 381 g/mol. The van der Waals surface area contributed by atoms with E-state index in [1.807, 2.05) is 19.9 Å². The van der Waals surface area contributed by atoms with E-state index in [2.05, 4.69) is 0 Å². The predicted molar refractivity (Wildman–Crippen MR) is 104 cm³/mol. The molecule has 7 heteroatoms. The Labute approximate surface area is 163 Å². The summed E-state index contributed by atoms with van der Waals surface area (Å²) in [6.07, 6.45) is 1.80. The van der Waals surface area contributed by atoms with Gasteiger partial charge in [-0.15, -0.1) is 0 Å². The fourth-order valence-electron chi connectivity index (χ4n) is 3.58. The highest BCUT2D eigenvalue weighted by atomic mass is 16.5. The van der Waals surface area contributed by atoms with E-state index in [1.165, 1.54) is 15.5 Å². The van der Waals surface area contributed by atoms with Gasteiger partial charge in [-0.25, -0.2) is 4.79 Å². The van der Waals surface area contributed by atoms with E-state index in [1.54, 1.807) is 36.5 Å². The average Bonchev–Trinajstić information content (AvgIpc) is 2.68. The lowest BCUT2D eigenvalue weighted by atomic mass is 9.91. The second-order valence-electron chi connectivity index (χ2n) is 7.28. The van der Waals surface area contributed by atoms with Crippen LogP contribution in [0.25, 0.3) is 5.69 Å². The van der Waals surface area contributed by atoms with Crippen molar-refractivity contribution in [1.29, 1.82) is 5.26 Å². The van der Waals surface area contributed by atoms with E-state index >= 15 is 0 Å². The molecule has 1 N–H and O–H groups in total. The zero-order valence-corrected chi connectivity index (χ0v) is 15.9. The van der Waals surface area contributed by atoms with Gasteiger partial charge < -0.3 is 14.7 Å². The van der Waals surface area contributed by atoms with Crippen molar-refractivity contribution in [2.45, 2.75) is 38.8 Å². The molecule has 2 unspecified atom stereocenters. The normalized spacial score (nSPS) is 19.3. The first kappa shape index (κ1) is 19.5. The van der Waals surface area contributed by atoms with Gasteiger partial charge in [-0.3, -0.25) is 9.36 Å². The maximum absolute atomic E-state index is 12.5. The largest absolute Gasteiger partial charge is 0.490 e. The third-order valence-electron chi connectivity index (χ3n) is 5.08. The maximum atomic E-state index is 12.5. The number of nitrogens with zero attached hydrogens (tertiary/aromatic N) is 3. The van der Waals surface area contributed by atoms with Crippen LogP contribution in [0, 0.1) is 17.2 Å². The molecule has 1 saturated heterocycles. The first-order valence-corrected chi connectivity index (χ1v) is 9.28. The SMILES string of the molecule is CC(C)C1CC(Oc2ccn(-c3ccc(C#N)cc3)c(=O)c2)CCN1C(=O)O. The lowest BCUT2D eigenvalue weighted by Gasteiger charge is -2.39. The van der Waals surface area contributed by atoms with Crippen LogP contribution in [0.1, 0.15) is 32.3 Å². The third-order valence-corrected chi connectivity index (χ3v) is 5.08. The van der Waals surface area contributed by atoms with Crippen molar-refractivity contribution in [2.75, 3.05) is 6.54 Å². The summed E-state index contributed by atoms with van der Waals surface area (Å²) < 4.78 is 7.48. The highest BCUT2D eigenvalue weighted by Crippen LogP contribution is 2.26. The number of carbonyl (C=O) groups is 1. The summed E-state index contributed by atoms with van der Waals surface area (Å²) in [5.41, 5.74) is 0.972. The van der Waals surface area contributed by atoms with Crippen LogP contribution in [0.15, 0.2) is 47.4 Å². The summed E-state index contributed by atoms with van der Waals surface area (Å²) in [4.78, 5) is 25.4. The molecule has 1 aliphatic rings. The number of amides is 1. The molecule has 0 bridgehead atoms. The quantitative estimate of drug-likeness (QED) is 0.877. The maximum Gasteiger partial charge on any atom is 0.407 e. The summed E-state index contributed by atoms with van der Waals surface area (Å²) in [5.74, 6) is 0.665. The van der Waals surface area contributed by atoms with Gasteiger partial charge in [-0.05, 0) is 36.2 Å². The minimum Gasteiger partial charge on any atom is -0.490 e. The smallest absolute Gasteiger partial charge is 0.407 e. The first-order valence-electron chi connectivity index (χ1n) is 9.28. The summed E-state index contributed by atoms with van der Waals surface area (Å²) in [7, 11) is 0. The second kappa shape index (κ2) is 8.17. The lowest BCUT2D eigenvalue weighted by Crippen LogP contribution is -2.50. The molecule has 0 aliphatic carbocycles. The molecule has 2 heterocycles. The number of carboxylic acid groups (broad SMARTS) is 1. The zero-order chi connectivity index (χ0) is 20.3. The lowest BCUT2D eigenvalue weighted by molar-refractivity contribution is 0.0381. The summed E-state index contributed by atoms with van der Waals surface area (Å²) in [5, 5.41) is 18.2. The molecule has 7 nitrogen and oxygen atoms in total. The summed E-state index contributed by atoms with van der Waals surface area (Å²) in [6, 6.07) is 11.9. The van der Waals surface area contributed by atoms with Crippen LogP contribution < -0.4 is 10.3 Å². The van der Waals surface area contributed by atoms with Crippen molar-refractivity contribution in [3.8, 4) is 17.5 Å². The molecule has 1 aliphatic heterocycles. The van der Waals surface area contributed by atoms with Crippen molar-refractivity contribution >= 4 is 6.09 Å². The minimum atomic E-state index is -0.901. The molecule has 146 valence electrons. The van der Waals surface area contributed by atoms with Crippen LogP contribution in [0.2, 0.25) is 0 Å². The number of rotatable bonds is 4. The van der Waals surface area contributed by atoms with Crippen molar-refractivity contribution in [3.05, 3.63) is 58.5 Å². The molecule has 2 atom stereocenters. The van der Waals surface area contributed by atoms with Crippen molar-refractivity contribution in [1.82, 2.24) is 9.47 Å². The van der Waals surface area contributed by atoms with Gasteiger partial charge in [0.2, 0.25) is 0 Å². The molecule has 2 aromatic rings. The second-order valence-corrected chi connectivity index (χ2v) is 7.28. The molecular formula is C21H23N3O4. The number of hydrogen-bond donors (Lipinski definition) is 1. The van der Waals surface area contributed by atoms with Crippen LogP contribution in [0.5, 0.6) is 5.75 Å². The van der Waals surface area contributed by atoms with Crippen LogP contribution >= 0.6 is 0 Å². The number of aromatic nitrogens is 1. The van der Waals surface area contributed by atoms with Gasteiger partial charge in [0.15, 0.2) is 0 Å². The van der Waals surface area contributed by atoms with Gasteiger partial charge in [0.25, 0.3) is 5.56 Å². The molecule has 1 amide bonds. The molecule has 1 fully saturated rings. The van der Waals surface area contributed by atoms with Gasteiger partial charge in [0.1, 0.15) is 11.9 Å². The van der Waals surface area contributed by atoms with E-state index in [9.17, 15) is 14.7 Å². The van der Waals surface area contributed by atoms with Crippen LogP contribution in [-0.4, -0.2) is 39.4 Å². The number of ether oxygens (including phenoxy) is 1. The number of hydrogen-bond acceptors (Lipinski definition) is 4. The predicted octanol–water partition coefficient (Wildman–Crippen LogP) is 3.25. The Bertz CT molecular complexity index is 943. The highest BCUT2D eigenvalue weighted by molar-refractivity contribution is 5.65. The number of likely N-dealkylation sites (tertiary alicyclic amines) is 1. The van der Waals surface area contributed by atoms with Crippen molar-refractivity contribution in [2.24, 2.45) is 5.92 Å². The fourth-order valence-corrected chi connectivity index (χ4v) is 3.58. The van der Waals surface area contributed by atoms with E-state index in [-0.39, 0.29) is 23.6 Å². The number of piperidine rings is 1. The van der Waals surface area contributed by atoms with E-state index < -0.39 is 6.09 Å². The topological polar surface area (TPSA) is 95.6 Å². The van der Waals surface area contributed by atoms with Gasteiger partial charge >= 0.3 is 6.09 Å². The van der Waals surface area contributed by atoms with Gasteiger partial charge in [0, 0.05) is 43.4 Å². The van der Waals surface area contributed by atoms with Crippen molar-refractivity contribution < 1.29 is 14.6 Å². The Morgan fingerprint density at radius 2 is 2.00 bits per heavy atom. The first-order chi connectivity index (χ1) is 13.4. The zero-order valence-electron chi connectivity index (χ0n) is 15.9. The number of nitriles is 1. The minimum absolute atomic E-state index is 0.102. The molecule has 3 rings (SSSR count). The Balaban J connectivity index is 1.73. The number of pyridine rings is 1.